The van der Waals surface area contributed by atoms with Crippen LogP contribution >= 0.6 is 22.9 Å². The van der Waals surface area contributed by atoms with Crippen molar-refractivity contribution in [1.82, 2.24) is 4.98 Å². The number of methoxy groups -OCH3 is 1. The predicted octanol–water partition coefficient (Wildman–Crippen LogP) is 5.19. The van der Waals surface area contributed by atoms with E-state index in [-0.39, 0.29) is 12.7 Å². The molecular formula is C22H16ClN3O4S. The summed E-state index contributed by atoms with van der Waals surface area (Å²) in [6.07, 6.45) is 0. The molecule has 0 spiro atoms. The lowest BCUT2D eigenvalue weighted by molar-refractivity contribution is 0.103. The Kier molecular flexibility index (Phi) is 4.80. The quantitative estimate of drug-likeness (QED) is 0.441. The van der Waals surface area contributed by atoms with Gasteiger partial charge in [-0.2, -0.15) is 0 Å². The first-order valence-corrected chi connectivity index (χ1v) is 10.5. The molecule has 0 atom stereocenters. The molecule has 0 unspecified atom stereocenters. The number of anilines is 2. The molecule has 0 aliphatic carbocycles. The molecular weight excluding hydrogens is 438 g/mol. The average Bonchev–Trinajstić information content (AvgIpc) is 3.37. The van der Waals surface area contributed by atoms with Gasteiger partial charge in [0.1, 0.15) is 15.5 Å². The Labute approximate surface area is 186 Å². The average molecular weight is 454 g/mol. The summed E-state index contributed by atoms with van der Waals surface area (Å²) in [6, 6.07) is 14.4. The van der Waals surface area contributed by atoms with Crippen molar-refractivity contribution in [3.05, 3.63) is 58.4 Å². The van der Waals surface area contributed by atoms with Gasteiger partial charge in [0.05, 0.1) is 24.2 Å². The van der Waals surface area contributed by atoms with Gasteiger partial charge in [-0.3, -0.25) is 4.79 Å². The number of fused-ring (bicyclic) bond motifs is 2. The zero-order valence-electron chi connectivity index (χ0n) is 16.3. The summed E-state index contributed by atoms with van der Waals surface area (Å²) in [5.74, 6) is 1.53. The van der Waals surface area contributed by atoms with Gasteiger partial charge in [0, 0.05) is 16.0 Å². The normalized spacial score (nSPS) is 12.2. The van der Waals surface area contributed by atoms with Crippen LogP contribution in [0.5, 0.6) is 17.2 Å². The van der Waals surface area contributed by atoms with Crippen molar-refractivity contribution < 1.29 is 19.0 Å². The lowest BCUT2D eigenvalue weighted by Crippen LogP contribution is -2.12. The van der Waals surface area contributed by atoms with E-state index in [4.69, 9.17) is 36.5 Å². The van der Waals surface area contributed by atoms with Crippen molar-refractivity contribution in [3.63, 3.8) is 0 Å². The number of amides is 1. The van der Waals surface area contributed by atoms with Crippen molar-refractivity contribution in [2.24, 2.45) is 0 Å². The van der Waals surface area contributed by atoms with Crippen molar-refractivity contribution in [3.8, 4) is 28.5 Å². The van der Waals surface area contributed by atoms with Crippen LogP contribution in [0.2, 0.25) is 5.02 Å². The number of pyridine rings is 1. The van der Waals surface area contributed by atoms with Gasteiger partial charge >= 0.3 is 0 Å². The van der Waals surface area contributed by atoms with E-state index < -0.39 is 0 Å². The van der Waals surface area contributed by atoms with Crippen LogP contribution in [0, 0.1) is 0 Å². The molecule has 9 heteroatoms. The molecule has 1 aliphatic heterocycles. The third-order valence-electron chi connectivity index (χ3n) is 4.88. The number of nitrogens with one attached hydrogen (secondary N) is 1. The molecule has 4 aromatic rings. The number of benzene rings is 2. The highest BCUT2D eigenvalue weighted by atomic mass is 35.5. The van der Waals surface area contributed by atoms with Gasteiger partial charge in [-0.25, -0.2) is 4.98 Å². The summed E-state index contributed by atoms with van der Waals surface area (Å²) >= 11 is 7.28. The number of nitrogen functional groups attached to an aromatic ring is 1. The first kappa shape index (κ1) is 19.5. The number of carbonyl (C=O) groups is 1. The fourth-order valence-corrected chi connectivity index (χ4v) is 4.50. The van der Waals surface area contributed by atoms with Crippen LogP contribution in [0.1, 0.15) is 9.67 Å². The SMILES string of the molecule is COc1ccc(Cl)cc1NC(=O)c1sc2nc(-c3ccc4c(c3)OCO4)ccc2c1N. The summed E-state index contributed by atoms with van der Waals surface area (Å²) in [7, 11) is 1.52. The van der Waals surface area contributed by atoms with Crippen LogP contribution < -0.4 is 25.3 Å². The maximum Gasteiger partial charge on any atom is 0.268 e. The highest BCUT2D eigenvalue weighted by Crippen LogP contribution is 2.38. The highest BCUT2D eigenvalue weighted by Gasteiger charge is 2.20. The van der Waals surface area contributed by atoms with Gasteiger partial charge < -0.3 is 25.3 Å². The van der Waals surface area contributed by atoms with E-state index in [1.165, 1.54) is 18.4 Å². The lowest BCUT2D eigenvalue weighted by Gasteiger charge is -2.10. The van der Waals surface area contributed by atoms with Crippen LogP contribution in [0.3, 0.4) is 0 Å². The maximum atomic E-state index is 12.9. The Morgan fingerprint density at radius 1 is 1.16 bits per heavy atom. The first-order chi connectivity index (χ1) is 15.0. The van der Waals surface area contributed by atoms with E-state index in [0.717, 1.165) is 16.6 Å². The van der Waals surface area contributed by atoms with E-state index >= 15 is 0 Å². The molecule has 2 aromatic carbocycles. The Balaban J connectivity index is 1.49. The zero-order chi connectivity index (χ0) is 21.5. The second-order valence-corrected chi connectivity index (χ2v) is 8.20. The Bertz CT molecular complexity index is 1340. The molecule has 1 amide bonds. The Morgan fingerprint density at radius 2 is 2.00 bits per heavy atom. The first-order valence-electron chi connectivity index (χ1n) is 9.27. The molecule has 0 fully saturated rings. The number of carbonyl (C=O) groups excluding carboxylic acids is 1. The zero-order valence-corrected chi connectivity index (χ0v) is 17.8. The number of rotatable bonds is 4. The van der Waals surface area contributed by atoms with Gasteiger partial charge in [-0.1, -0.05) is 11.6 Å². The third-order valence-corrected chi connectivity index (χ3v) is 6.23. The molecule has 3 N–H and O–H groups in total. The molecule has 156 valence electrons. The van der Waals surface area contributed by atoms with Crippen LogP contribution in [0.25, 0.3) is 21.5 Å². The summed E-state index contributed by atoms with van der Waals surface area (Å²) in [5, 5.41) is 4.02. The molecule has 0 radical (unpaired) electrons. The summed E-state index contributed by atoms with van der Waals surface area (Å²) in [5.41, 5.74) is 8.74. The van der Waals surface area contributed by atoms with Gasteiger partial charge in [-0.15, -0.1) is 11.3 Å². The molecule has 1 aliphatic rings. The fraction of sp³-hybridized carbons (Fsp3) is 0.0909. The number of hydrogen-bond acceptors (Lipinski definition) is 7. The summed E-state index contributed by atoms with van der Waals surface area (Å²) < 4.78 is 16.1. The smallest absolute Gasteiger partial charge is 0.268 e. The second kappa shape index (κ2) is 7.64. The summed E-state index contributed by atoms with van der Waals surface area (Å²) in [4.78, 5) is 18.7. The van der Waals surface area contributed by atoms with E-state index in [9.17, 15) is 4.79 Å². The number of thiophene rings is 1. The molecule has 0 saturated heterocycles. The highest BCUT2D eigenvalue weighted by molar-refractivity contribution is 7.21. The van der Waals surface area contributed by atoms with Crippen molar-refractivity contribution in [2.75, 3.05) is 25.0 Å². The minimum Gasteiger partial charge on any atom is -0.495 e. The molecule has 0 saturated carbocycles. The maximum absolute atomic E-state index is 12.9. The minimum atomic E-state index is -0.356. The monoisotopic (exact) mass is 453 g/mol. The molecule has 3 heterocycles. The van der Waals surface area contributed by atoms with Crippen molar-refractivity contribution in [2.45, 2.75) is 0 Å². The number of halogens is 1. The number of ether oxygens (including phenoxy) is 3. The Hall–Kier alpha value is -3.49. The number of hydrogen-bond donors (Lipinski definition) is 2. The van der Waals surface area contributed by atoms with Crippen LogP contribution in [0.4, 0.5) is 11.4 Å². The predicted molar refractivity (Wildman–Crippen MR) is 122 cm³/mol. The second-order valence-electron chi connectivity index (χ2n) is 6.76. The summed E-state index contributed by atoms with van der Waals surface area (Å²) in [6.45, 7) is 0.211. The van der Waals surface area contributed by atoms with Crippen LogP contribution in [-0.2, 0) is 0 Å². The van der Waals surface area contributed by atoms with Crippen molar-refractivity contribution in [1.29, 1.82) is 0 Å². The van der Waals surface area contributed by atoms with Gasteiger partial charge in [0.25, 0.3) is 5.91 Å². The lowest BCUT2D eigenvalue weighted by atomic mass is 10.1. The van der Waals surface area contributed by atoms with E-state index in [2.05, 4.69) is 5.32 Å². The van der Waals surface area contributed by atoms with Crippen molar-refractivity contribution >= 4 is 50.4 Å². The Morgan fingerprint density at radius 3 is 2.84 bits per heavy atom. The number of aromatic nitrogens is 1. The van der Waals surface area contributed by atoms with E-state index in [0.29, 0.717) is 43.4 Å². The molecule has 7 nitrogen and oxygen atoms in total. The van der Waals surface area contributed by atoms with Gasteiger partial charge in [0.15, 0.2) is 11.5 Å². The van der Waals surface area contributed by atoms with E-state index in [1.54, 1.807) is 18.2 Å². The molecule has 0 bridgehead atoms. The van der Waals surface area contributed by atoms with Crippen LogP contribution in [0.15, 0.2) is 48.5 Å². The third kappa shape index (κ3) is 3.49. The standard InChI is InChI=1S/C22H16ClN3O4S/c1-28-16-7-3-12(23)9-15(16)25-21(27)20-19(24)13-4-5-14(26-22(13)31-20)11-2-6-17-18(8-11)30-10-29-17/h2-9H,10,24H2,1H3,(H,25,27). The topological polar surface area (TPSA) is 95.7 Å². The van der Waals surface area contributed by atoms with Gasteiger partial charge in [0.2, 0.25) is 6.79 Å². The number of nitrogens with zero attached hydrogens (tertiary/aromatic N) is 1. The number of nitrogens with two attached hydrogens (primary N) is 1. The molecule has 5 rings (SSSR count). The fourth-order valence-electron chi connectivity index (χ4n) is 3.34. The van der Waals surface area contributed by atoms with Gasteiger partial charge in [-0.05, 0) is 48.5 Å². The minimum absolute atomic E-state index is 0.211. The molecule has 2 aromatic heterocycles. The van der Waals surface area contributed by atoms with Crippen LogP contribution in [-0.4, -0.2) is 24.8 Å². The molecule has 31 heavy (non-hydrogen) atoms. The van der Waals surface area contributed by atoms with E-state index in [1.807, 2.05) is 30.3 Å². The largest absolute Gasteiger partial charge is 0.495 e.